The van der Waals surface area contributed by atoms with Gasteiger partial charge in [0.05, 0.1) is 11.9 Å². The molecular formula is C11H12N4O. The van der Waals surface area contributed by atoms with Crippen LogP contribution in [0.2, 0.25) is 0 Å². The zero-order valence-electron chi connectivity index (χ0n) is 8.92. The molecule has 2 aromatic heterocycles. The van der Waals surface area contributed by atoms with Crippen molar-refractivity contribution in [3.8, 4) is 0 Å². The lowest BCUT2D eigenvalue weighted by molar-refractivity contribution is -0.118. The molecule has 0 spiro atoms. The number of fused-ring (bicyclic) bond motifs is 1. The number of carbonyl (C=O) groups excluding carboxylic acids is 1. The van der Waals surface area contributed by atoms with E-state index in [0.29, 0.717) is 6.54 Å². The van der Waals surface area contributed by atoms with E-state index >= 15 is 0 Å². The third-order valence-corrected chi connectivity index (χ3v) is 2.06. The van der Waals surface area contributed by atoms with Gasteiger partial charge in [0.1, 0.15) is 0 Å². The van der Waals surface area contributed by atoms with Crippen molar-refractivity contribution in [2.45, 2.75) is 6.92 Å². The minimum atomic E-state index is -0.0408. The van der Waals surface area contributed by atoms with Gasteiger partial charge < -0.3 is 5.32 Å². The number of hydrogen-bond donors (Lipinski definition) is 1. The molecule has 0 bridgehead atoms. The van der Waals surface area contributed by atoms with Crippen molar-refractivity contribution < 1.29 is 4.79 Å². The molecule has 2 aromatic rings. The summed E-state index contributed by atoms with van der Waals surface area (Å²) in [6.07, 6.45) is 7.19. The van der Waals surface area contributed by atoms with Gasteiger partial charge in [-0.05, 0) is 18.2 Å². The molecule has 2 heterocycles. The summed E-state index contributed by atoms with van der Waals surface area (Å²) in [5, 5.41) is 6.85. The zero-order valence-corrected chi connectivity index (χ0v) is 8.92. The molecule has 5 nitrogen and oxygen atoms in total. The molecule has 0 saturated carbocycles. The van der Waals surface area contributed by atoms with Gasteiger partial charge in [-0.1, -0.05) is 6.08 Å². The largest absolute Gasteiger partial charge is 0.353 e. The number of amides is 1. The van der Waals surface area contributed by atoms with Crippen LogP contribution >= 0.6 is 0 Å². The quantitative estimate of drug-likeness (QED) is 0.828. The maximum atomic E-state index is 10.6. The van der Waals surface area contributed by atoms with Crippen LogP contribution in [-0.2, 0) is 4.79 Å². The molecule has 0 unspecified atom stereocenters. The van der Waals surface area contributed by atoms with Crippen LogP contribution in [0.1, 0.15) is 12.6 Å². The van der Waals surface area contributed by atoms with Crippen molar-refractivity contribution in [3.05, 3.63) is 36.3 Å². The SMILES string of the molecule is CC(=O)NCC=Cc1cnc2cccnn12. The van der Waals surface area contributed by atoms with E-state index in [-0.39, 0.29) is 5.91 Å². The Balaban J connectivity index is 2.12. The second-order valence-corrected chi connectivity index (χ2v) is 3.32. The molecule has 0 aliphatic rings. The summed E-state index contributed by atoms with van der Waals surface area (Å²) in [5.74, 6) is -0.0408. The van der Waals surface area contributed by atoms with E-state index in [2.05, 4.69) is 15.4 Å². The summed E-state index contributed by atoms with van der Waals surface area (Å²) >= 11 is 0. The van der Waals surface area contributed by atoms with Crippen LogP contribution in [0.15, 0.2) is 30.6 Å². The predicted octanol–water partition coefficient (Wildman–Crippen LogP) is 0.879. The highest BCUT2D eigenvalue weighted by Crippen LogP contribution is 2.04. The number of nitrogens with zero attached hydrogens (tertiary/aromatic N) is 3. The predicted molar refractivity (Wildman–Crippen MR) is 60.7 cm³/mol. The molecule has 0 radical (unpaired) electrons. The Morgan fingerprint density at radius 3 is 3.31 bits per heavy atom. The summed E-state index contributed by atoms with van der Waals surface area (Å²) in [6.45, 7) is 2.00. The highest BCUT2D eigenvalue weighted by atomic mass is 16.1. The topological polar surface area (TPSA) is 59.3 Å². The number of carbonyl (C=O) groups is 1. The van der Waals surface area contributed by atoms with Gasteiger partial charge >= 0.3 is 0 Å². The second kappa shape index (κ2) is 4.57. The van der Waals surface area contributed by atoms with Crippen LogP contribution < -0.4 is 5.32 Å². The van der Waals surface area contributed by atoms with E-state index in [1.54, 1.807) is 16.9 Å². The maximum absolute atomic E-state index is 10.6. The summed E-state index contributed by atoms with van der Waals surface area (Å²) in [6, 6.07) is 3.73. The van der Waals surface area contributed by atoms with Gasteiger partial charge in [-0.25, -0.2) is 9.50 Å². The molecule has 82 valence electrons. The number of aromatic nitrogens is 3. The molecule has 0 saturated heterocycles. The molecular weight excluding hydrogens is 204 g/mol. The van der Waals surface area contributed by atoms with Crippen LogP contribution in [0.25, 0.3) is 11.7 Å². The van der Waals surface area contributed by atoms with Crippen LogP contribution in [0.3, 0.4) is 0 Å². The van der Waals surface area contributed by atoms with Crippen molar-refractivity contribution in [2.75, 3.05) is 6.54 Å². The van der Waals surface area contributed by atoms with Crippen LogP contribution in [0.4, 0.5) is 0 Å². The lowest BCUT2D eigenvalue weighted by Gasteiger charge is -1.95. The molecule has 0 aliphatic heterocycles. The zero-order chi connectivity index (χ0) is 11.4. The van der Waals surface area contributed by atoms with Crippen LogP contribution in [0, 0.1) is 0 Å². The average Bonchev–Trinajstić information content (AvgIpc) is 2.68. The third kappa shape index (κ3) is 2.25. The maximum Gasteiger partial charge on any atom is 0.217 e. The minimum Gasteiger partial charge on any atom is -0.353 e. The Morgan fingerprint density at radius 2 is 2.50 bits per heavy atom. The van der Waals surface area contributed by atoms with E-state index in [4.69, 9.17) is 0 Å². The fourth-order valence-electron chi connectivity index (χ4n) is 1.34. The number of hydrogen-bond acceptors (Lipinski definition) is 3. The van der Waals surface area contributed by atoms with E-state index < -0.39 is 0 Å². The lowest BCUT2D eigenvalue weighted by Crippen LogP contribution is -2.19. The molecule has 5 heteroatoms. The number of rotatable bonds is 3. The van der Waals surface area contributed by atoms with Gasteiger partial charge in [-0.2, -0.15) is 5.10 Å². The van der Waals surface area contributed by atoms with Crippen molar-refractivity contribution in [3.63, 3.8) is 0 Å². The highest BCUT2D eigenvalue weighted by molar-refractivity contribution is 5.73. The molecule has 16 heavy (non-hydrogen) atoms. The molecule has 2 rings (SSSR count). The molecule has 0 atom stereocenters. The summed E-state index contributed by atoms with van der Waals surface area (Å²) in [4.78, 5) is 14.8. The van der Waals surface area contributed by atoms with Gasteiger partial charge in [-0.3, -0.25) is 4.79 Å². The Hall–Kier alpha value is -2.17. The molecule has 0 fully saturated rings. The number of nitrogens with one attached hydrogen (secondary N) is 1. The molecule has 1 N–H and O–H groups in total. The van der Waals surface area contributed by atoms with Crippen molar-refractivity contribution in [1.29, 1.82) is 0 Å². The normalized spacial score (nSPS) is 11.1. The van der Waals surface area contributed by atoms with E-state index in [1.807, 2.05) is 24.3 Å². The molecule has 0 aromatic carbocycles. The first kappa shape index (κ1) is 10.4. The monoisotopic (exact) mass is 216 g/mol. The summed E-state index contributed by atoms with van der Waals surface area (Å²) < 4.78 is 1.74. The van der Waals surface area contributed by atoms with Gasteiger partial charge in [0.25, 0.3) is 0 Å². The summed E-state index contributed by atoms with van der Waals surface area (Å²) in [7, 11) is 0. The first-order valence-corrected chi connectivity index (χ1v) is 4.97. The van der Waals surface area contributed by atoms with E-state index in [1.165, 1.54) is 6.92 Å². The van der Waals surface area contributed by atoms with E-state index in [9.17, 15) is 4.79 Å². The van der Waals surface area contributed by atoms with Gasteiger partial charge in [0.15, 0.2) is 5.65 Å². The Morgan fingerprint density at radius 1 is 1.62 bits per heavy atom. The highest BCUT2D eigenvalue weighted by Gasteiger charge is 1.98. The van der Waals surface area contributed by atoms with Crippen LogP contribution in [-0.4, -0.2) is 27.0 Å². The van der Waals surface area contributed by atoms with Gasteiger partial charge in [-0.15, -0.1) is 0 Å². The molecule has 0 aliphatic carbocycles. The Bertz CT molecular complexity index is 530. The lowest BCUT2D eigenvalue weighted by atomic mass is 10.4. The Kier molecular flexibility index (Phi) is 2.95. The van der Waals surface area contributed by atoms with Gasteiger partial charge in [0, 0.05) is 19.7 Å². The first-order chi connectivity index (χ1) is 7.77. The fourth-order valence-corrected chi connectivity index (χ4v) is 1.34. The Labute approximate surface area is 92.8 Å². The van der Waals surface area contributed by atoms with Gasteiger partial charge in [0.2, 0.25) is 5.91 Å². The average molecular weight is 216 g/mol. The molecule has 1 amide bonds. The van der Waals surface area contributed by atoms with Crippen molar-refractivity contribution >= 4 is 17.6 Å². The second-order valence-electron chi connectivity index (χ2n) is 3.32. The van der Waals surface area contributed by atoms with Crippen LogP contribution in [0.5, 0.6) is 0 Å². The smallest absolute Gasteiger partial charge is 0.217 e. The van der Waals surface area contributed by atoms with E-state index in [0.717, 1.165) is 11.3 Å². The fraction of sp³-hybridized carbons (Fsp3) is 0.182. The number of imidazole rings is 1. The summed E-state index contributed by atoms with van der Waals surface area (Å²) in [5.41, 5.74) is 1.70. The van der Waals surface area contributed by atoms with Crippen molar-refractivity contribution in [1.82, 2.24) is 19.9 Å². The van der Waals surface area contributed by atoms with Crippen molar-refractivity contribution in [2.24, 2.45) is 0 Å². The minimum absolute atomic E-state index is 0.0408. The first-order valence-electron chi connectivity index (χ1n) is 4.97. The standard InChI is InChI=1S/C11H12N4O/c1-9(16)12-6-2-4-10-8-13-11-5-3-7-14-15(10)11/h2-5,7-8H,6H2,1H3,(H,12,16). The third-order valence-electron chi connectivity index (χ3n) is 2.06.